The molecule has 0 aliphatic heterocycles. The van der Waals surface area contributed by atoms with E-state index < -0.39 is 10.8 Å². The molecular weight excluding hydrogens is 322 g/mol. The molecule has 3 rings (SSSR count). The molecule has 0 fully saturated rings. The van der Waals surface area contributed by atoms with Crippen LogP contribution in [0.5, 0.6) is 0 Å². The van der Waals surface area contributed by atoms with Crippen molar-refractivity contribution >= 4 is 26.7 Å². The van der Waals surface area contributed by atoms with Crippen molar-refractivity contribution in [3.8, 4) is 0 Å². The molecule has 0 bridgehead atoms. The molecule has 2 nitrogen and oxygen atoms in total. The van der Waals surface area contributed by atoms with Gasteiger partial charge in [0.1, 0.15) is 0 Å². The van der Waals surface area contributed by atoms with Gasteiger partial charge in [-0.05, 0) is 41.8 Å². The number of rotatable bonds is 2. The molecule has 0 spiro atoms. The maximum atomic E-state index is 12.7. The molecule has 0 heterocycles. The van der Waals surface area contributed by atoms with Gasteiger partial charge in [0.2, 0.25) is 0 Å². The van der Waals surface area contributed by atoms with Gasteiger partial charge in [-0.1, -0.05) is 40.2 Å². The van der Waals surface area contributed by atoms with E-state index in [2.05, 4.69) is 22.0 Å². The summed E-state index contributed by atoms with van der Waals surface area (Å²) in [5.41, 5.74) is 8.62. The first-order chi connectivity index (χ1) is 9.16. The van der Waals surface area contributed by atoms with Crippen LogP contribution in [0.25, 0.3) is 0 Å². The van der Waals surface area contributed by atoms with Gasteiger partial charge < -0.3 is 5.73 Å². The predicted octanol–water partition coefficient (Wildman–Crippen LogP) is 3.18. The van der Waals surface area contributed by atoms with Gasteiger partial charge in [-0.25, -0.2) is 0 Å². The van der Waals surface area contributed by atoms with E-state index >= 15 is 0 Å². The fourth-order valence-electron chi connectivity index (χ4n) is 2.54. The standard InChI is InChI=1S/C15H14BrNOS/c16-11-5-7-12(8-6-11)19(18)14-9-10-3-1-2-4-13(10)15(14)17/h1-8,14-15H,9,17H2. The third-order valence-electron chi connectivity index (χ3n) is 3.56. The summed E-state index contributed by atoms with van der Waals surface area (Å²) in [4.78, 5) is 0.844. The van der Waals surface area contributed by atoms with Crippen molar-refractivity contribution in [2.45, 2.75) is 22.6 Å². The highest BCUT2D eigenvalue weighted by Crippen LogP contribution is 2.34. The average molecular weight is 336 g/mol. The summed E-state index contributed by atoms with van der Waals surface area (Å²) in [5, 5.41) is -0.0291. The molecule has 2 N–H and O–H groups in total. The lowest BCUT2D eigenvalue weighted by molar-refractivity contribution is 0.646. The third-order valence-corrected chi connectivity index (χ3v) is 5.83. The first kappa shape index (κ1) is 13.0. The Labute approximate surface area is 123 Å². The summed E-state index contributed by atoms with van der Waals surface area (Å²) in [5.74, 6) is 0. The smallest absolute Gasteiger partial charge is 0.0627 e. The number of benzene rings is 2. The van der Waals surface area contributed by atoms with Gasteiger partial charge in [0.15, 0.2) is 0 Å². The minimum atomic E-state index is -1.07. The zero-order valence-corrected chi connectivity index (χ0v) is 12.7. The van der Waals surface area contributed by atoms with Crippen molar-refractivity contribution in [1.82, 2.24) is 0 Å². The van der Waals surface area contributed by atoms with Gasteiger partial charge in [0.25, 0.3) is 0 Å². The molecular formula is C15H14BrNOS. The Morgan fingerprint density at radius 2 is 1.79 bits per heavy atom. The van der Waals surface area contributed by atoms with Crippen molar-refractivity contribution in [1.29, 1.82) is 0 Å². The van der Waals surface area contributed by atoms with Crippen LogP contribution in [0.4, 0.5) is 0 Å². The van der Waals surface area contributed by atoms with Crippen molar-refractivity contribution in [3.63, 3.8) is 0 Å². The van der Waals surface area contributed by atoms with E-state index in [-0.39, 0.29) is 11.3 Å². The van der Waals surface area contributed by atoms with Crippen LogP contribution in [0.3, 0.4) is 0 Å². The molecule has 0 saturated heterocycles. The zero-order chi connectivity index (χ0) is 13.4. The van der Waals surface area contributed by atoms with Crippen LogP contribution < -0.4 is 5.73 Å². The molecule has 0 saturated carbocycles. The van der Waals surface area contributed by atoms with Crippen molar-refractivity contribution in [2.75, 3.05) is 0 Å². The monoisotopic (exact) mass is 335 g/mol. The Hall–Kier alpha value is -0.970. The third kappa shape index (κ3) is 2.40. The maximum Gasteiger partial charge on any atom is 0.0627 e. The highest BCUT2D eigenvalue weighted by molar-refractivity contribution is 9.10. The van der Waals surface area contributed by atoms with Crippen molar-refractivity contribution < 1.29 is 4.21 Å². The minimum absolute atomic E-state index is 0.0291. The molecule has 0 aromatic heterocycles. The first-order valence-corrected chi connectivity index (χ1v) is 8.17. The molecule has 98 valence electrons. The van der Waals surface area contributed by atoms with Crippen LogP contribution in [0.1, 0.15) is 17.2 Å². The molecule has 3 atom stereocenters. The Morgan fingerprint density at radius 1 is 1.11 bits per heavy atom. The molecule has 2 aromatic carbocycles. The second kappa shape index (κ2) is 5.19. The summed E-state index contributed by atoms with van der Waals surface area (Å²) in [6.07, 6.45) is 0.792. The fraction of sp³-hybridized carbons (Fsp3) is 0.200. The normalized spacial score (nSPS) is 23.1. The van der Waals surface area contributed by atoms with Gasteiger partial charge in [0, 0.05) is 15.4 Å². The van der Waals surface area contributed by atoms with E-state index in [9.17, 15) is 4.21 Å². The quantitative estimate of drug-likeness (QED) is 0.915. The van der Waals surface area contributed by atoms with Gasteiger partial charge in [0.05, 0.1) is 16.0 Å². The molecule has 19 heavy (non-hydrogen) atoms. The summed E-state index contributed by atoms with van der Waals surface area (Å²) < 4.78 is 13.6. The Balaban J connectivity index is 1.89. The van der Waals surface area contributed by atoms with Crippen LogP contribution in [-0.2, 0) is 17.2 Å². The summed E-state index contributed by atoms with van der Waals surface area (Å²) in [7, 11) is -1.07. The van der Waals surface area contributed by atoms with Gasteiger partial charge >= 0.3 is 0 Å². The van der Waals surface area contributed by atoms with Crippen LogP contribution in [0.15, 0.2) is 57.9 Å². The van der Waals surface area contributed by atoms with E-state index in [1.54, 1.807) is 0 Å². The molecule has 1 aliphatic carbocycles. The molecule has 0 radical (unpaired) electrons. The summed E-state index contributed by atoms with van der Waals surface area (Å²) in [6, 6.07) is 15.6. The maximum absolute atomic E-state index is 12.7. The summed E-state index contributed by atoms with van der Waals surface area (Å²) >= 11 is 3.39. The summed E-state index contributed by atoms with van der Waals surface area (Å²) in [6.45, 7) is 0. The van der Waals surface area contributed by atoms with E-state index in [0.29, 0.717) is 0 Å². The average Bonchev–Trinajstić information content (AvgIpc) is 2.77. The van der Waals surface area contributed by atoms with Crippen LogP contribution in [-0.4, -0.2) is 9.46 Å². The lowest BCUT2D eigenvalue weighted by Gasteiger charge is -2.15. The highest BCUT2D eigenvalue weighted by Gasteiger charge is 2.34. The lowest BCUT2D eigenvalue weighted by atomic mass is 10.1. The van der Waals surface area contributed by atoms with Crippen molar-refractivity contribution in [3.05, 3.63) is 64.1 Å². The molecule has 2 aromatic rings. The highest BCUT2D eigenvalue weighted by atomic mass is 79.9. The Bertz CT molecular complexity index is 626. The van der Waals surface area contributed by atoms with Gasteiger partial charge in [-0.3, -0.25) is 4.21 Å². The number of hydrogen-bond donors (Lipinski definition) is 1. The lowest BCUT2D eigenvalue weighted by Crippen LogP contribution is -2.26. The van der Waals surface area contributed by atoms with E-state index in [4.69, 9.17) is 5.73 Å². The zero-order valence-electron chi connectivity index (χ0n) is 10.3. The van der Waals surface area contributed by atoms with Gasteiger partial charge in [-0.2, -0.15) is 0 Å². The largest absolute Gasteiger partial charge is 0.323 e. The van der Waals surface area contributed by atoms with E-state index in [1.807, 2.05) is 42.5 Å². The molecule has 3 unspecified atom stereocenters. The van der Waals surface area contributed by atoms with Gasteiger partial charge in [-0.15, -0.1) is 0 Å². The SMILES string of the molecule is NC1c2ccccc2CC1S(=O)c1ccc(Br)cc1. The number of fused-ring (bicyclic) bond motifs is 1. The van der Waals surface area contributed by atoms with E-state index in [1.165, 1.54) is 5.56 Å². The minimum Gasteiger partial charge on any atom is -0.323 e. The molecule has 4 heteroatoms. The topological polar surface area (TPSA) is 43.1 Å². The number of hydrogen-bond acceptors (Lipinski definition) is 2. The Kier molecular flexibility index (Phi) is 3.56. The van der Waals surface area contributed by atoms with Crippen LogP contribution in [0.2, 0.25) is 0 Å². The molecule has 1 aliphatic rings. The number of nitrogens with two attached hydrogens (primary N) is 1. The molecule has 0 amide bonds. The van der Waals surface area contributed by atoms with Crippen LogP contribution >= 0.6 is 15.9 Å². The Morgan fingerprint density at radius 3 is 2.47 bits per heavy atom. The van der Waals surface area contributed by atoms with Crippen LogP contribution in [0, 0.1) is 0 Å². The second-order valence-corrected chi connectivity index (χ2v) is 7.31. The second-order valence-electron chi connectivity index (χ2n) is 4.72. The fourth-order valence-corrected chi connectivity index (χ4v) is 4.30. The number of halogens is 1. The van der Waals surface area contributed by atoms with Crippen molar-refractivity contribution in [2.24, 2.45) is 5.73 Å². The van der Waals surface area contributed by atoms with E-state index in [0.717, 1.165) is 21.4 Å². The predicted molar refractivity (Wildman–Crippen MR) is 81.4 cm³/mol. The first-order valence-electron chi connectivity index (χ1n) is 6.16.